The van der Waals surface area contributed by atoms with Crippen molar-refractivity contribution >= 4 is 15.9 Å². The smallest absolute Gasteiger partial charge is 0.0253 e. The molecule has 5 aromatic carbocycles. The monoisotopic (exact) mass is 718 g/mol. The number of fused-ring (bicyclic) bond motifs is 3. The normalized spacial score (nSPS) is 10.7. The zero-order chi connectivity index (χ0) is 25.4. The van der Waals surface area contributed by atoms with Crippen molar-refractivity contribution in [2.24, 2.45) is 0 Å². The van der Waals surface area contributed by atoms with Gasteiger partial charge in [-0.2, -0.15) is 53.6 Å². The van der Waals surface area contributed by atoms with E-state index in [1.54, 1.807) is 0 Å². The van der Waals surface area contributed by atoms with E-state index in [1.807, 2.05) is 6.07 Å². The molecule has 0 aliphatic heterocycles. The first-order chi connectivity index (χ1) is 17.4. The zero-order valence-corrected chi connectivity index (χ0v) is 28.2. The second-order valence-electron chi connectivity index (χ2n) is 9.93. The molecule has 0 heterocycles. The van der Waals surface area contributed by atoms with E-state index in [0.717, 1.165) is 6.42 Å². The van der Waals surface area contributed by atoms with Gasteiger partial charge >= 0.3 is 99.5 Å². The van der Waals surface area contributed by atoms with Crippen LogP contribution in [0.2, 0.25) is 0 Å². The summed E-state index contributed by atoms with van der Waals surface area (Å²) in [7, 11) is 0. The summed E-state index contributed by atoms with van der Waals surface area (Å²) < 4.78 is 0. The molecule has 0 N–H and O–H groups in total. The molecule has 0 radical (unpaired) electrons. The molecule has 0 fully saturated rings. The molecule has 5 aromatic rings. The number of rotatable bonds is 2. The molecule has 0 saturated carbocycles. The fraction of sp³-hybridized carbons (Fsp3) is 0.147. The van der Waals surface area contributed by atoms with Gasteiger partial charge in [-0.25, -0.2) is 6.07 Å². The van der Waals surface area contributed by atoms with Gasteiger partial charge in [0.25, 0.3) is 0 Å². The first-order valence-electron chi connectivity index (χ1n) is 12.4. The number of hydrogen-bond donors (Lipinski definition) is 0. The van der Waals surface area contributed by atoms with Gasteiger partial charge in [-0.05, 0) is 6.42 Å². The van der Waals surface area contributed by atoms with Crippen LogP contribution in [0.1, 0.15) is 37.5 Å². The maximum Gasteiger partial charge on any atom is -0.0253 e. The van der Waals surface area contributed by atoms with Crippen molar-refractivity contribution in [2.75, 3.05) is 0 Å². The van der Waals surface area contributed by atoms with Gasteiger partial charge in [0.15, 0.2) is 0 Å². The quantitative estimate of drug-likeness (QED) is 0.186. The first-order valence-corrected chi connectivity index (χ1v) is 19.3. The topological polar surface area (TPSA) is 0 Å². The largest absolute Gasteiger partial charge is 0.179 e. The van der Waals surface area contributed by atoms with Crippen LogP contribution in [0, 0.1) is 6.07 Å². The fourth-order valence-corrected chi connectivity index (χ4v) is 9.23. The second-order valence-corrected chi connectivity index (χ2v) is 17.2. The Kier molecular flexibility index (Phi) is 13.1. The Labute approximate surface area is 255 Å². The van der Waals surface area contributed by atoms with Gasteiger partial charge < -0.3 is 24.8 Å². The predicted octanol–water partition coefficient (Wildman–Crippen LogP) is 1.11. The summed E-state index contributed by atoms with van der Waals surface area (Å²) in [5.74, 6) is 0. The molecule has 4 heteroatoms. The molecule has 38 heavy (non-hydrogen) atoms. The summed E-state index contributed by atoms with van der Waals surface area (Å²) in [6.07, 6.45) is 1.05. The van der Waals surface area contributed by atoms with E-state index in [-0.39, 0.29) is 24.8 Å². The van der Waals surface area contributed by atoms with Gasteiger partial charge in [-0.15, -0.1) is 5.56 Å². The van der Waals surface area contributed by atoms with Crippen LogP contribution in [-0.2, 0) is 34.8 Å². The van der Waals surface area contributed by atoms with Gasteiger partial charge in [-0.1, -0.05) is 61.6 Å². The summed E-state index contributed by atoms with van der Waals surface area (Å²) in [4.78, 5) is 0. The van der Waals surface area contributed by atoms with Gasteiger partial charge in [0.2, 0.25) is 0 Å². The van der Waals surface area contributed by atoms with Gasteiger partial charge in [-0.3, -0.25) is 0 Å². The summed E-state index contributed by atoms with van der Waals surface area (Å²) in [5, 5.41) is 3.07. The van der Waals surface area contributed by atoms with Crippen LogP contribution in [0.4, 0.5) is 0 Å². The Morgan fingerprint density at radius 1 is 0.711 bits per heavy atom. The molecule has 192 valence electrons. The Morgan fingerprint density at radius 3 is 1.79 bits per heavy atom. The van der Waals surface area contributed by atoms with E-state index >= 15 is 0 Å². The van der Waals surface area contributed by atoms with Crippen LogP contribution in [0.15, 0.2) is 127 Å². The molecule has 0 saturated heterocycles. The van der Waals surface area contributed by atoms with Gasteiger partial charge in [0.1, 0.15) is 0 Å². The van der Waals surface area contributed by atoms with Crippen LogP contribution in [0.5, 0.6) is 0 Å². The molecule has 0 amide bonds. The Hall–Kier alpha value is -2.10. The maximum atomic E-state index is 3.30. The Balaban J connectivity index is 0.000000200. The minimum absolute atomic E-state index is 0. The first kappa shape index (κ1) is 32.1. The number of halogens is 2. The van der Waals surface area contributed by atoms with E-state index in [1.165, 1.54) is 61.2 Å². The summed E-state index contributed by atoms with van der Waals surface area (Å²) in [6.45, 7) is 6.67. The second kappa shape index (κ2) is 15.5. The van der Waals surface area contributed by atoms with E-state index < -0.39 is 5.49 Å². The van der Waals surface area contributed by atoms with Crippen LogP contribution in [0.25, 0.3) is 11.1 Å². The Morgan fingerprint density at radius 2 is 1.26 bits per heavy atom. The number of benzene rings is 4. The molecule has 0 nitrogen and oxygen atoms in total. The molecule has 0 unspecified atom stereocenters. The summed E-state index contributed by atoms with van der Waals surface area (Å²) in [6, 6.07) is 48.4. The van der Waals surface area contributed by atoms with Gasteiger partial charge in [0, 0.05) is 0 Å². The van der Waals surface area contributed by atoms with Crippen LogP contribution < -0.4 is 35.2 Å². The predicted molar refractivity (Wildman–Crippen MR) is 152 cm³/mol. The standard InChI is InChI=1S/C13H9.C12H10Si.C9H13.2ClH.Hf/c1-3-7-12-10(5-1)9-11-6-2-4-8-13(11)12;1-3-7-11(8-4-1)13-12-9-5-2-6-10-12;1-9(2,3)8-6-4-5-7-8;;;/h1-5,7-8H,9H2;1-10H;4-7H,1-3H3;2*1H;/q-1;;-1;;;+2/p-2. The third-order valence-corrected chi connectivity index (χ3v) is 14.3. The van der Waals surface area contributed by atoms with Gasteiger partial charge in [0.05, 0.1) is 0 Å². The van der Waals surface area contributed by atoms with Crippen molar-refractivity contribution in [1.29, 1.82) is 0 Å². The Bertz CT molecular complexity index is 1300. The van der Waals surface area contributed by atoms with Crippen molar-refractivity contribution in [3.8, 4) is 11.1 Å². The molecule has 0 aromatic heterocycles. The molecular weight excluding hydrogens is 686 g/mol. The molecular formula is C34H32Cl2HfSi-2. The maximum absolute atomic E-state index is 3.30. The van der Waals surface area contributed by atoms with Crippen molar-refractivity contribution in [3.05, 3.63) is 150 Å². The average Bonchev–Trinajstić information content (AvgIpc) is 3.59. The van der Waals surface area contributed by atoms with E-state index in [9.17, 15) is 0 Å². The van der Waals surface area contributed by atoms with Crippen LogP contribution >= 0.6 is 0 Å². The van der Waals surface area contributed by atoms with Crippen LogP contribution in [0.3, 0.4) is 0 Å². The molecule has 0 spiro atoms. The van der Waals surface area contributed by atoms with Crippen molar-refractivity contribution in [2.45, 2.75) is 32.6 Å². The zero-order valence-electron chi connectivity index (χ0n) is 22.1. The van der Waals surface area contributed by atoms with E-state index in [2.05, 4.69) is 148 Å². The van der Waals surface area contributed by atoms with E-state index in [4.69, 9.17) is 0 Å². The third kappa shape index (κ3) is 8.71. The number of hydrogen-bond acceptors (Lipinski definition) is 0. The SMILES string of the molecule is CC(C)(C)c1cc[cH-]c1.[Cl-].[Cl-].[Hf+2]=[Si](c1ccccc1)c1ccccc1.[c-]1cccc2c1Cc1ccccc1-2. The minimum atomic E-state index is -0.406. The summed E-state index contributed by atoms with van der Waals surface area (Å²) >= 11 is 1.27. The van der Waals surface area contributed by atoms with E-state index in [0.29, 0.717) is 5.41 Å². The minimum Gasteiger partial charge on any atom is -0.179 e. The summed E-state index contributed by atoms with van der Waals surface area (Å²) in [5.41, 5.74) is 6.85. The fourth-order valence-electron chi connectivity index (χ4n) is 4.25. The van der Waals surface area contributed by atoms with Crippen molar-refractivity contribution in [3.63, 3.8) is 0 Å². The average molecular weight is 718 g/mol. The van der Waals surface area contributed by atoms with Crippen molar-refractivity contribution in [1.82, 2.24) is 0 Å². The third-order valence-electron chi connectivity index (χ3n) is 6.27. The molecule has 1 aliphatic rings. The van der Waals surface area contributed by atoms with Crippen molar-refractivity contribution < 1.29 is 47.8 Å². The molecule has 0 atom stereocenters. The molecule has 1 aliphatic carbocycles. The molecule has 0 bridgehead atoms. The molecule has 6 rings (SSSR count). The van der Waals surface area contributed by atoms with Crippen LogP contribution in [-0.4, -0.2) is 5.49 Å².